The second-order valence-corrected chi connectivity index (χ2v) is 3.40. The zero-order valence-electron chi connectivity index (χ0n) is 9.15. The monoisotopic (exact) mass is 216 g/mol. The molecule has 0 atom stereocenters. The van der Waals surface area contributed by atoms with Gasteiger partial charge in [-0.1, -0.05) is 0 Å². The number of aromatic nitrogens is 1. The number of anilines is 1. The lowest BCUT2D eigenvalue weighted by atomic mass is 10.1. The molecule has 0 saturated heterocycles. The van der Waals surface area contributed by atoms with Crippen molar-refractivity contribution in [2.24, 2.45) is 0 Å². The van der Waals surface area contributed by atoms with Crippen molar-refractivity contribution in [1.82, 2.24) is 4.98 Å². The van der Waals surface area contributed by atoms with Crippen molar-refractivity contribution < 1.29 is 9.53 Å². The van der Waals surface area contributed by atoms with Gasteiger partial charge in [0.25, 0.3) is 0 Å². The van der Waals surface area contributed by atoms with Crippen LogP contribution in [-0.2, 0) is 4.79 Å². The van der Waals surface area contributed by atoms with E-state index in [1.54, 1.807) is 19.4 Å². The average Bonchev–Trinajstić information content (AvgIpc) is 2.29. The summed E-state index contributed by atoms with van der Waals surface area (Å²) in [6.07, 6.45) is 1.70. The summed E-state index contributed by atoms with van der Waals surface area (Å²) in [6.45, 7) is 1.48. The zero-order valence-corrected chi connectivity index (χ0v) is 9.15. The molecule has 0 spiro atoms. The highest BCUT2D eigenvalue weighted by Crippen LogP contribution is 2.29. The number of benzene rings is 1. The number of carbonyl (C=O) groups is 1. The first-order valence-electron chi connectivity index (χ1n) is 4.91. The van der Waals surface area contributed by atoms with Gasteiger partial charge in [-0.3, -0.25) is 9.78 Å². The number of nitrogens with one attached hydrogen (secondary N) is 1. The maximum absolute atomic E-state index is 11.0. The highest BCUT2D eigenvalue weighted by atomic mass is 16.5. The first-order chi connectivity index (χ1) is 7.72. The molecular weight excluding hydrogens is 204 g/mol. The lowest BCUT2D eigenvalue weighted by molar-refractivity contribution is -0.114. The third kappa shape index (κ3) is 1.82. The number of hydrogen-bond donors (Lipinski definition) is 1. The Morgan fingerprint density at radius 2 is 2.19 bits per heavy atom. The molecule has 16 heavy (non-hydrogen) atoms. The van der Waals surface area contributed by atoms with E-state index < -0.39 is 0 Å². The molecule has 0 saturated carbocycles. The molecule has 1 heterocycles. The molecule has 1 N–H and O–H groups in total. The second-order valence-electron chi connectivity index (χ2n) is 3.40. The van der Waals surface area contributed by atoms with E-state index >= 15 is 0 Å². The number of fused-ring (bicyclic) bond motifs is 1. The summed E-state index contributed by atoms with van der Waals surface area (Å²) < 4.78 is 5.21. The fourth-order valence-electron chi connectivity index (χ4n) is 1.61. The van der Waals surface area contributed by atoms with Crippen LogP contribution in [0.2, 0.25) is 0 Å². The standard InChI is InChI=1S/C12H12N2O2/c1-8(15)14-10-5-6-11(16-2)12-9(10)4-3-7-13-12/h3-7H,1-2H3,(H,14,15). The summed E-state index contributed by atoms with van der Waals surface area (Å²) in [5.74, 6) is 0.597. The SMILES string of the molecule is COc1ccc(NC(C)=O)c2cccnc12. The van der Waals surface area contributed by atoms with Gasteiger partial charge in [-0.05, 0) is 24.3 Å². The minimum absolute atomic E-state index is 0.102. The summed E-state index contributed by atoms with van der Waals surface area (Å²) in [5.41, 5.74) is 1.49. The van der Waals surface area contributed by atoms with Gasteiger partial charge in [0.1, 0.15) is 11.3 Å². The number of nitrogens with zero attached hydrogens (tertiary/aromatic N) is 1. The first-order valence-corrected chi connectivity index (χ1v) is 4.91. The Morgan fingerprint density at radius 3 is 2.88 bits per heavy atom. The van der Waals surface area contributed by atoms with E-state index in [-0.39, 0.29) is 5.91 Å². The number of ether oxygens (including phenoxy) is 1. The molecule has 1 amide bonds. The van der Waals surface area contributed by atoms with Crippen molar-refractivity contribution >= 4 is 22.5 Å². The molecule has 1 aromatic heterocycles. The van der Waals surface area contributed by atoms with E-state index in [4.69, 9.17) is 4.74 Å². The molecule has 0 fully saturated rings. The third-order valence-electron chi connectivity index (χ3n) is 2.26. The largest absolute Gasteiger partial charge is 0.494 e. The topological polar surface area (TPSA) is 51.2 Å². The van der Waals surface area contributed by atoms with E-state index in [1.807, 2.05) is 18.2 Å². The number of pyridine rings is 1. The van der Waals surface area contributed by atoms with Gasteiger partial charge in [0.2, 0.25) is 5.91 Å². The van der Waals surface area contributed by atoms with Crippen molar-refractivity contribution in [1.29, 1.82) is 0 Å². The van der Waals surface area contributed by atoms with Crippen LogP contribution in [0.25, 0.3) is 10.9 Å². The minimum Gasteiger partial charge on any atom is -0.494 e. The molecule has 4 heteroatoms. The Bertz CT molecular complexity index is 538. The summed E-state index contributed by atoms with van der Waals surface area (Å²) in [6, 6.07) is 7.33. The molecule has 0 aliphatic rings. The summed E-state index contributed by atoms with van der Waals surface area (Å²) in [5, 5.41) is 3.64. The van der Waals surface area contributed by atoms with Gasteiger partial charge < -0.3 is 10.1 Å². The van der Waals surface area contributed by atoms with E-state index in [2.05, 4.69) is 10.3 Å². The predicted molar refractivity (Wildman–Crippen MR) is 62.6 cm³/mol. The average molecular weight is 216 g/mol. The van der Waals surface area contributed by atoms with Crippen molar-refractivity contribution in [3.8, 4) is 5.75 Å². The Balaban J connectivity index is 2.64. The molecule has 0 aliphatic carbocycles. The molecule has 4 nitrogen and oxygen atoms in total. The van der Waals surface area contributed by atoms with Crippen molar-refractivity contribution in [2.45, 2.75) is 6.92 Å². The van der Waals surface area contributed by atoms with E-state index in [9.17, 15) is 4.79 Å². The molecule has 0 radical (unpaired) electrons. The third-order valence-corrected chi connectivity index (χ3v) is 2.26. The molecule has 0 unspecified atom stereocenters. The van der Waals surface area contributed by atoms with E-state index in [0.717, 1.165) is 16.6 Å². The van der Waals surface area contributed by atoms with Gasteiger partial charge in [0.15, 0.2) is 0 Å². The van der Waals surface area contributed by atoms with Gasteiger partial charge in [-0.15, -0.1) is 0 Å². The lowest BCUT2D eigenvalue weighted by Crippen LogP contribution is -2.06. The van der Waals surface area contributed by atoms with Crippen LogP contribution < -0.4 is 10.1 Å². The Labute approximate surface area is 93.3 Å². The summed E-state index contributed by atoms with van der Waals surface area (Å²) in [4.78, 5) is 15.3. The lowest BCUT2D eigenvalue weighted by Gasteiger charge is -2.09. The molecule has 2 aromatic rings. The van der Waals surface area contributed by atoms with Crippen LogP contribution in [0.4, 0.5) is 5.69 Å². The molecule has 2 rings (SSSR count). The van der Waals surface area contributed by atoms with Gasteiger partial charge in [-0.25, -0.2) is 0 Å². The highest BCUT2D eigenvalue weighted by molar-refractivity contribution is 6.02. The number of methoxy groups -OCH3 is 1. The van der Waals surface area contributed by atoms with Gasteiger partial charge in [0, 0.05) is 18.5 Å². The predicted octanol–water partition coefficient (Wildman–Crippen LogP) is 2.20. The highest BCUT2D eigenvalue weighted by Gasteiger charge is 2.07. The van der Waals surface area contributed by atoms with Crippen LogP contribution in [0, 0.1) is 0 Å². The van der Waals surface area contributed by atoms with Gasteiger partial charge in [0.05, 0.1) is 12.8 Å². The maximum atomic E-state index is 11.0. The van der Waals surface area contributed by atoms with Crippen LogP contribution in [-0.4, -0.2) is 18.0 Å². The molecule has 1 aromatic carbocycles. The van der Waals surface area contributed by atoms with Gasteiger partial charge in [-0.2, -0.15) is 0 Å². The molecule has 0 bridgehead atoms. The number of rotatable bonds is 2. The van der Waals surface area contributed by atoms with Crippen LogP contribution in [0.5, 0.6) is 5.75 Å². The van der Waals surface area contributed by atoms with Crippen LogP contribution in [0.1, 0.15) is 6.92 Å². The minimum atomic E-state index is -0.102. The van der Waals surface area contributed by atoms with Crippen LogP contribution >= 0.6 is 0 Å². The Kier molecular flexibility index (Phi) is 2.72. The first kappa shape index (κ1) is 10.4. The zero-order chi connectivity index (χ0) is 11.5. The molecule has 82 valence electrons. The number of carbonyl (C=O) groups excluding carboxylic acids is 1. The van der Waals surface area contributed by atoms with E-state index in [0.29, 0.717) is 5.75 Å². The Morgan fingerprint density at radius 1 is 1.38 bits per heavy atom. The normalized spacial score (nSPS) is 10.1. The number of amides is 1. The van der Waals surface area contributed by atoms with Crippen LogP contribution in [0.3, 0.4) is 0 Å². The van der Waals surface area contributed by atoms with Crippen molar-refractivity contribution in [2.75, 3.05) is 12.4 Å². The summed E-state index contributed by atoms with van der Waals surface area (Å²) in [7, 11) is 1.60. The quantitative estimate of drug-likeness (QED) is 0.837. The smallest absolute Gasteiger partial charge is 0.221 e. The van der Waals surface area contributed by atoms with Crippen molar-refractivity contribution in [3.63, 3.8) is 0 Å². The fraction of sp³-hybridized carbons (Fsp3) is 0.167. The second kappa shape index (κ2) is 4.18. The van der Waals surface area contributed by atoms with E-state index in [1.165, 1.54) is 6.92 Å². The maximum Gasteiger partial charge on any atom is 0.221 e. The van der Waals surface area contributed by atoms with Gasteiger partial charge >= 0.3 is 0 Å². The Hall–Kier alpha value is -2.10. The fourth-order valence-corrected chi connectivity index (χ4v) is 1.61. The molecular formula is C12H12N2O2. The molecule has 0 aliphatic heterocycles. The number of hydrogen-bond acceptors (Lipinski definition) is 3. The van der Waals surface area contributed by atoms with Crippen molar-refractivity contribution in [3.05, 3.63) is 30.5 Å². The van der Waals surface area contributed by atoms with Crippen LogP contribution in [0.15, 0.2) is 30.5 Å². The summed E-state index contributed by atoms with van der Waals surface area (Å²) >= 11 is 0.